The first kappa shape index (κ1) is 18.3. The molecule has 0 aliphatic carbocycles. The van der Waals surface area contributed by atoms with E-state index in [2.05, 4.69) is 108 Å². The van der Waals surface area contributed by atoms with E-state index in [4.69, 9.17) is 0 Å². The number of hydrogen-bond donors (Lipinski definition) is 0. The number of thioether (sulfide) groups is 2. The zero-order valence-electron chi connectivity index (χ0n) is 11.8. The van der Waals surface area contributed by atoms with Crippen LogP contribution in [0.3, 0.4) is 0 Å². The molecule has 0 aliphatic rings. The predicted octanol–water partition coefficient (Wildman–Crippen LogP) is 7.58. The lowest BCUT2D eigenvalue weighted by Gasteiger charge is -2.07. The molecule has 0 N–H and O–H groups in total. The van der Waals surface area contributed by atoms with Crippen molar-refractivity contribution in [1.82, 2.24) is 0 Å². The highest BCUT2D eigenvalue weighted by atomic mass is 127. The number of halogens is 2. The molecule has 2 aromatic rings. The van der Waals surface area contributed by atoms with E-state index < -0.39 is 0 Å². The van der Waals surface area contributed by atoms with Gasteiger partial charge in [0.15, 0.2) is 0 Å². The van der Waals surface area contributed by atoms with E-state index in [1.165, 1.54) is 19.6 Å². The van der Waals surface area contributed by atoms with E-state index in [9.17, 15) is 0 Å². The summed E-state index contributed by atoms with van der Waals surface area (Å²) in [4.78, 5) is 5.26. The predicted molar refractivity (Wildman–Crippen MR) is 116 cm³/mol. The Labute approximate surface area is 167 Å². The standard InChI is InChI=1S/C16H16I2S3/c1-11(17)19-13-3-7-15(8-4-13)21-16-9-5-14(6-10-16)20-12(2)18/h3-12H,1-2H3. The molecule has 0 heterocycles. The third-order valence-corrected chi connectivity index (χ3v) is 6.76. The summed E-state index contributed by atoms with van der Waals surface area (Å²) in [5, 5.41) is 0. The molecule has 2 rings (SSSR count). The molecule has 2 unspecified atom stereocenters. The van der Waals surface area contributed by atoms with Crippen molar-refractivity contribution in [3.63, 3.8) is 0 Å². The third-order valence-electron chi connectivity index (χ3n) is 2.48. The summed E-state index contributed by atoms with van der Waals surface area (Å²) in [6.07, 6.45) is 0. The van der Waals surface area contributed by atoms with Gasteiger partial charge in [0.2, 0.25) is 0 Å². The minimum atomic E-state index is 0.603. The molecule has 2 atom stereocenters. The molecule has 112 valence electrons. The fourth-order valence-electron chi connectivity index (χ4n) is 1.68. The SMILES string of the molecule is CC(I)Sc1ccc(Sc2ccc(SC(C)I)cc2)cc1. The van der Waals surface area contributed by atoms with E-state index in [0.717, 1.165) is 0 Å². The maximum absolute atomic E-state index is 2.44. The molecular formula is C16H16I2S3. The van der Waals surface area contributed by atoms with Crippen LogP contribution in [0.1, 0.15) is 13.8 Å². The van der Waals surface area contributed by atoms with Gasteiger partial charge in [-0.3, -0.25) is 0 Å². The number of rotatable bonds is 6. The maximum atomic E-state index is 2.44. The Morgan fingerprint density at radius 3 is 1.19 bits per heavy atom. The summed E-state index contributed by atoms with van der Waals surface area (Å²) in [6, 6.07) is 17.7. The van der Waals surface area contributed by atoms with Gasteiger partial charge in [-0.1, -0.05) is 56.9 Å². The Hall–Kier alpha value is 0.950. The summed E-state index contributed by atoms with van der Waals surface area (Å²) in [6.45, 7) is 4.42. The van der Waals surface area contributed by atoms with E-state index in [0.29, 0.717) is 6.51 Å². The highest BCUT2D eigenvalue weighted by Gasteiger charge is 2.03. The second-order valence-electron chi connectivity index (χ2n) is 4.37. The van der Waals surface area contributed by atoms with E-state index in [-0.39, 0.29) is 0 Å². The zero-order valence-corrected chi connectivity index (χ0v) is 18.5. The molecular weight excluding hydrogens is 542 g/mol. The zero-order chi connectivity index (χ0) is 15.2. The Balaban J connectivity index is 1.97. The Bertz CT molecular complexity index is 499. The number of hydrogen-bond acceptors (Lipinski definition) is 3. The minimum Gasteiger partial charge on any atom is -0.112 e. The Morgan fingerprint density at radius 1 is 0.619 bits per heavy atom. The van der Waals surface area contributed by atoms with Crippen LogP contribution in [0.2, 0.25) is 0 Å². The van der Waals surface area contributed by atoms with Crippen LogP contribution in [0.15, 0.2) is 68.1 Å². The van der Waals surface area contributed by atoms with Crippen molar-refractivity contribution in [3.05, 3.63) is 48.5 Å². The molecule has 0 radical (unpaired) electrons. The lowest BCUT2D eigenvalue weighted by atomic mass is 10.4. The molecule has 0 fully saturated rings. The first-order chi connectivity index (χ1) is 10.0. The van der Waals surface area contributed by atoms with Crippen LogP contribution in [0.4, 0.5) is 0 Å². The van der Waals surface area contributed by atoms with Crippen LogP contribution in [-0.2, 0) is 0 Å². The largest absolute Gasteiger partial charge is 0.112 e. The van der Waals surface area contributed by atoms with Crippen molar-refractivity contribution >= 4 is 80.5 Å². The Kier molecular flexibility index (Phi) is 8.10. The molecule has 21 heavy (non-hydrogen) atoms. The number of alkyl halides is 2. The van der Waals surface area contributed by atoms with Crippen LogP contribution in [-0.4, -0.2) is 6.51 Å². The second-order valence-corrected chi connectivity index (χ2v) is 13.8. The smallest absolute Gasteiger partial charge is 0.0583 e. The fraction of sp³-hybridized carbons (Fsp3) is 0.250. The van der Waals surface area contributed by atoms with Crippen LogP contribution < -0.4 is 0 Å². The van der Waals surface area contributed by atoms with E-state index >= 15 is 0 Å². The third kappa shape index (κ3) is 6.93. The fourth-order valence-corrected chi connectivity index (χ4v) is 5.60. The van der Waals surface area contributed by atoms with Gasteiger partial charge in [-0.25, -0.2) is 0 Å². The average Bonchev–Trinajstić information content (AvgIpc) is 2.42. The topological polar surface area (TPSA) is 0 Å². The van der Waals surface area contributed by atoms with Crippen molar-refractivity contribution in [1.29, 1.82) is 0 Å². The molecule has 0 spiro atoms. The van der Waals surface area contributed by atoms with Crippen LogP contribution in [0.25, 0.3) is 0 Å². The lowest BCUT2D eigenvalue weighted by Crippen LogP contribution is -1.82. The molecule has 0 bridgehead atoms. The van der Waals surface area contributed by atoms with Crippen molar-refractivity contribution < 1.29 is 0 Å². The maximum Gasteiger partial charge on any atom is 0.0583 e. The lowest BCUT2D eigenvalue weighted by molar-refractivity contribution is 1.31. The van der Waals surface area contributed by atoms with Gasteiger partial charge in [0.05, 0.1) is 6.51 Å². The van der Waals surface area contributed by atoms with Gasteiger partial charge < -0.3 is 0 Å². The Morgan fingerprint density at radius 2 is 0.905 bits per heavy atom. The van der Waals surface area contributed by atoms with Gasteiger partial charge in [0.25, 0.3) is 0 Å². The van der Waals surface area contributed by atoms with Crippen molar-refractivity contribution in [3.8, 4) is 0 Å². The average molecular weight is 558 g/mol. The summed E-state index contributed by atoms with van der Waals surface area (Å²) >= 11 is 10.5. The molecule has 0 saturated carbocycles. The van der Waals surface area contributed by atoms with E-state index in [1.807, 2.05) is 35.3 Å². The molecule has 0 aliphatic heterocycles. The van der Waals surface area contributed by atoms with Gasteiger partial charge in [0.1, 0.15) is 0 Å². The van der Waals surface area contributed by atoms with Crippen LogP contribution in [0.5, 0.6) is 0 Å². The van der Waals surface area contributed by atoms with Crippen molar-refractivity contribution in [2.24, 2.45) is 0 Å². The molecule has 5 heteroatoms. The van der Waals surface area contributed by atoms with Crippen molar-refractivity contribution in [2.45, 2.75) is 39.9 Å². The normalized spacial score (nSPS) is 13.9. The second kappa shape index (κ2) is 9.30. The first-order valence-corrected chi connectivity index (χ1v) is 11.6. The molecule has 0 nitrogen and oxygen atoms in total. The quantitative estimate of drug-likeness (QED) is 0.204. The molecule has 0 aromatic heterocycles. The van der Waals surface area contributed by atoms with Gasteiger partial charge in [-0.2, -0.15) is 0 Å². The van der Waals surface area contributed by atoms with Crippen LogP contribution >= 0.6 is 80.5 Å². The number of benzene rings is 2. The van der Waals surface area contributed by atoms with Crippen LogP contribution in [0, 0.1) is 0 Å². The highest BCUT2D eigenvalue weighted by molar-refractivity contribution is 14.1. The summed E-state index contributed by atoms with van der Waals surface area (Å²) < 4.78 is 1.21. The summed E-state index contributed by atoms with van der Waals surface area (Å²) in [7, 11) is 0. The van der Waals surface area contributed by atoms with Gasteiger partial charge >= 0.3 is 0 Å². The highest BCUT2D eigenvalue weighted by Crippen LogP contribution is 2.33. The molecule has 0 saturated heterocycles. The van der Waals surface area contributed by atoms with Gasteiger partial charge in [-0.05, 0) is 62.4 Å². The summed E-state index contributed by atoms with van der Waals surface area (Å²) in [5.74, 6) is 0. The van der Waals surface area contributed by atoms with Gasteiger partial charge in [-0.15, -0.1) is 23.5 Å². The first-order valence-electron chi connectivity index (χ1n) is 6.52. The van der Waals surface area contributed by atoms with Gasteiger partial charge in [0, 0.05) is 19.6 Å². The van der Waals surface area contributed by atoms with Crippen molar-refractivity contribution in [2.75, 3.05) is 0 Å². The monoisotopic (exact) mass is 558 g/mol. The molecule has 0 amide bonds. The van der Waals surface area contributed by atoms with E-state index in [1.54, 1.807) is 0 Å². The minimum absolute atomic E-state index is 0.603. The summed E-state index contributed by atoms with van der Waals surface area (Å²) in [5.41, 5.74) is 0. The molecule has 2 aromatic carbocycles.